The van der Waals surface area contributed by atoms with E-state index in [1.54, 1.807) is 6.07 Å². The number of alkyl halides is 3. The zero-order valence-corrected chi connectivity index (χ0v) is 25.4. The van der Waals surface area contributed by atoms with Crippen molar-refractivity contribution in [1.82, 2.24) is 19.4 Å². The van der Waals surface area contributed by atoms with Gasteiger partial charge in [-0.3, -0.25) is 14.4 Å². The number of aromatic hydroxyl groups is 1. The van der Waals surface area contributed by atoms with Crippen molar-refractivity contribution in [3.05, 3.63) is 85.0 Å². The molecule has 0 spiro atoms. The van der Waals surface area contributed by atoms with Crippen LogP contribution >= 0.6 is 23.2 Å². The average molecular weight is 673 g/mol. The number of rotatable bonds is 6. The summed E-state index contributed by atoms with van der Waals surface area (Å²) in [5, 5.41) is 10.8. The van der Waals surface area contributed by atoms with Crippen LogP contribution in [0, 0.1) is 6.92 Å². The highest BCUT2D eigenvalue weighted by Gasteiger charge is 2.39. The maximum atomic E-state index is 13.5. The van der Waals surface area contributed by atoms with Crippen LogP contribution in [0.25, 0.3) is 0 Å². The second-order valence-corrected chi connectivity index (χ2v) is 13.4. The fourth-order valence-electron chi connectivity index (χ4n) is 5.52. The average Bonchev–Trinajstić information content (AvgIpc) is 3.43. The van der Waals surface area contributed by atoms with Gasteiger partial charge in [-0.25, -0.2) is 8.42 Å². The first kappa shape index (κ1) is 31.8. The Morgan fingerprint density at radius 3 is 2.43 bits per heavy atom. The molecule has 1 atom stereocenters. The van der Waals surface area contributed by atoms with Gasteiger partial charge in [0.05, 0.1) is 37.9 Å². The van der Waals surface area contributed by atoms with Gasteiger partial charge in [-0.05, 0) is 49.6 Å². The minimum Gasteiger partial charge on any atom is -0.501 e. The maximum absolute atomic E-state index is 13.5. The van der Waals surface area contributed by atoms with Crippen LogP contribution in [0.3, 0.4) is 0 Å². The number of benzene rings is 2. The Labute approximate surface area is 259 Å². The summed E-state index contributed by atoms with van der Waals surface area (Å²) in [4.78, 5) is 45.7. The smallest absolute Gasteiger partial charge is 0.416 e. The molecule has 0 unspecified atom stereocenters. The summed E-state index contributed by atoms with van der Waals surface area (Å²) >= 11 is 12.5. The van der Waals surface area contributed by atoms with Crippen molar-refractivity contribution in [2.75, 3.05) is 25.4 Å². The minimum absolute atomic E-state index is 0.00850. The monoisotopic (exact) mass is 672 g/mol. The Hall–Kier alpha value is -3.62. The first-order valence-electron chi connectivity index (χ1n) is 13.4. The highest BCUT2D eigenvalue weighted by molar-refractivity contribution is 7.91. The van der Waals surface area contributed by atoms with Gasteiger partial charge in [0, 0.05) is 26.2 Å². The van der Waals surface area contributed by atoms with E-state index in [2.05, 4.69) is 4.98 Å². The van der Waals surface area contributed by atoms with E-state index in [4.69, 9.17) is 23.2 Å². The van der Waals surface area contributed by atoms with Crippen LogP contribution in [0.1, 0.15) is 56.7 Å². The maximum Gasteiger partial charge on any atom is 0.416 e. The quantitative estimate of drug-likeness (QED) is 0.408. The first-order chi connectivity index (χ1) is 20.6. The summed E-state index contributed by atoms with van der Waals surface area (Å²) in [7, 11) is -4.25. The highest BCUT2D eigenvalue weighted by atomic mass is 35.5. The van der Waals surface area contributed by atoms with Gasteiger partial charge >= 0.3 is 11.7 Å². The molecule has 2 amide bonds. The molecule has 16 heteroatoms. The SMILES string of the molecule is Cc1ccc(S(=O)(=O)CCN2CCn3c([C@@H]4CCCN4C(=O)c4c(Cl)cccc4Cl)nc(=O)c(O)c3C2=O)cc1C(F)(F)F. The number of hydrogen-bond acceptors (Lipinski definition) is 7. The standard InChI is InChI=1S/C28H25Cl2F3N4O6S/c1-15-7-8-16(14-17(15)28(31,32)33)44(42,43)13-12-35-10-11-37-22(27(35)41)23(38)25(39)34-24(37)20-6-3-9-36(20)26(40)21-18(29)4-2-5-19(21)30/h2,4-5,7-8,14,20,38H,3,6,9-13H2,1H3/t20-/m0/s1. The lowest BCUT2D eigenvalue weighted by Gasteiger charge is -2.34. The van der Waals surface area contributed by atoms with E-state index in [9.17, 15) is 41.1 Å². The van der Waals surface area contributed by atoms with E-state index in [1.807, 2.05) is 0 Å². The molecule has 2 aliphatic heterocycles. The molecule has 1 saturated heterocycles. The Kier molecular flexibility index (Phi) is 8.46. The van der Waals surface area contributed by atoms with E-state index in [1.165, 1.54) is 28.5 Å². The van der Waals surface area contributed by atoms with Gasteiger partial charge in [-0.15, -0.1) is 0 Å². The first-order valence-corrected chi connectivity index (χ1v) is 15.8. The van der Waals surface area contributed by atoms with E-state index >= 15 is 0 Å². The molecule has 1 N–H and O–H groups in total. The molecular weight excluding hydrogens is 648 g/mol. The van der Waals surface area contributed by atoms with E-state index in [0.29, 0.717) is 18.9 Å². The molecular formula is C28H25Cl2F3N4O6S. The van der Waals surface area contributed by atoms with Crippen LogP contribution in [-0.4, -0.2) is 70.1 Å². The summed E-state index contributed by atoms with van der Waals surface area (Å²) in [6.07, 6.45) is -3.83. The van der Waals surface area contributed by atoms with E-state index in [0.717, 1.165) is 17.0 Å². The van der Waals surface area contributed by atoms with Crippen molar-refractivity contribution >= 4 is 44.9 Å². The number of halogens is 5. The van der Waals surface area contributed by atoms with Gasteiger partial charge in [0.25, 0.3) is 11.8 Å². The third-order valence-corrected chi connectivity index (χ3v) is 10.1. The lowest BCUT2D eigenvalue weighted by Crippen LogP contribution is -2.46. The lowest BCUT2D eigenvalue weighted by molar-refractivity contribution is -0.138. The largest absolute Gasteiger partial charge is 0.501 e. The summed E-state index contributed by atoms with van der Waals surface area (Å²) in [5.41, 5.74) is -2.68. The Bertz CT molecular complexity index is 1830. The minimum atomic E-state index is -4.75. The predicted octanol–water partition coefficient (Wildman–Crippen LogP) is 4.49. The van der Waals surface area contributed by atoms with Crippen molar-refractivity contribution in [3.8, 4) is 5.75 Å². The van der Waals surface area contributed by atoms with Gasteiger partial charge in [0.2, 0.25) is 5.75 Å². The normalized spacial score (nSPS) is 17.2. The topological polar surface area (TPSA) is 130 Å². The fourth-order valence-corrected chi connectivity index (χ4v) is 7.34. The second kappa shape index (κ2) is 11.7. The van der Waals surface area contributed by atoms with Crippen molar-refractivity contribution in [2.45, 2.75) is 43.4 Å². The van der Waals surface area contributed by atoms with E-state index < -0.39 is 73.6 Å². The van der Waals surface area contributed by atoms with Gasteiger partial charge in [0.1, 0.15) is 5.82 Å². The number of aryl methyl sites for hydroxylation is 1. The molecule has 0 radical (unpaired) electrons. The number of sulfone groups is 1. The molecule has 3 heterocycles. The van der Waals surface area contributed by atoms with Crippen LogP contribution in [0.2, 0.25) is 10.0 Å². The number of nitrogens with zero attached hydrogens (tertiary/aromatic N) is 4. The predicted molar refractivity (Wildman–Crippen MR) is 154 cm³/mol. The summed E-state index contributed by atoms with van der Waals surface area (Å²) in [6.45, 7) is 1.01. The van der Waals surface area contributed by atoms with Gasteiger partial charge in [-0.1, -0.05) is 35.3 Å². The van der Waals surface area contributed by atoms with Crippen LogP contribution in [0.4, 0.5) is 13.2 Å². The van der Waals surface area contributed by atoms with Crippen LogP contribution in [-0.2, 0) is 22.6 Å². The van der Waals surface area contributed by atoms with Gasteiger partial charge in [-0.2, -0.15) is 18.2 Å². The number of likely N-dealkylation sites (tertiary alicyclic amines) is 1. The zero-order valence-electron chi connectivity index (χ0n) is 23.1. The van der Waals surface area contributed by atoms with Crippen molar-refractivity contribution in [3.63, 3.8) is 0 Å². The molecule has 2 aliphatic rings. The molecule has 234 valence electrons. The van der Waals surface area contributed by atoms with Crippen LogP contribution in [0.5, 0.6) is 5.75 Å². The molecule has 44 heavy (non-hydrogen) atoms. The fraction of sp³-hybridized carbons (Fsp3) is 0.357. The molecule has 3 aromatic rings. The van der Waals surface area contributed by atoms with Crippen molar-refractivity contribution < 1.29 is 36.3 Å². The molecule has 0 aliphatic carbocycles. The number of fused-ring (bicyclic) bond motifs is 1. The molecule has 0 bridgehead atoms. The van der Waals surface area contributed by atoms with Crippen LogP contribution in [0.15, 0.2) is 46.1 Å². The van der Waals surface area contributed by atoms with Gasteiger partial charge in [0.15, 0.2) is 15.5 Å². The number of amides is 2. The Morgan fingerprint density at radius 1 is 1.09 bits per heavy atom. The van der Waals surface area contributed by atoms with Crippen molar-refractivity contribution in [2.24, 2.45) is 0 Å². The number of carbonyl (C=O) groups is 2. The summed E-state index contributed by atoms with van der Waals surface area (Å²) < 4.78 is 67.3. The lowest BCUT2D eigenvalue weighted by atomic mass is 10.1. The molecule has 1 fully saturated rings. The number of aromatic nitrogens is 2. The third kappa shape index (κ3) is 5.77. The Morgan fingerprint density at radius 2 is 1.77 bits per heavy atom. The van der Waals surface area contributed by atoms with Gasteiger partial charge < -0.3 is 19.5 Å². The molecule has 0 saturated carbocycles. The third-order valence-electron chi connectivity index (χ3n) is 7.76. The van der Waals surface area contributed by atoms with Crippen LogP contribution < -0.4 is 5.56 Å². The molecule has 2 aromatic carbocycles. The summed E-state index contributed by atoms with van der Waals surface area (Å²) in [5.74, 6) is -2.94. The Balaban J connectivity index is 1.42. The highest BCUT2D eigenvalue weighted by Crippen LogP contribution is 2.37. The second-order valence-electron chi connectivity index (χ2n) is 10.5. The zero-order chi connectivity index (χ0) is 32.1. The molecule has 5 rings (SSSR count). The van der Waals surface area contributed by atoms with Crippen molar-refractivity contribution in [1.29, 1.82) is 0 Å². The number of hydrogen-bond donors (Lipinski definition) is 1. The summed E-state index contributed by atoms with van der Waals surface area (Å²) in [6, 6.07) is 6.55. The molecule has 10 nitrogen and oxygen atoms in total. The number of carbonyl (C=O) groups excluding carboxylic acids is 2. The van der Waals surface area contributed by atoms with E-state index in [-0.39, 0.29) is 46.6 Å². The molecule has 1 aromatic heterocycles.